The minimum atomic E-state index is -1.24. The Morgan fingerprint density at radius 2 is 1.91 bits per heavy atom. The van der Waals surface area contributed by atoms with E-state index in [-0.39, 0.29) is 34.8 Å². The van der Waals surface area contributed by atoms with Crippen molar-refractivity contribution in [2.75, 3.05) is 6.54 Å². The Labute approximate surface area is 126 Å². The van der Waals surface area contributed by atoms with Crippen LogP contribution in [0.2, 0.25) is 0 Å². The highest BCUT2D eigenvalue weighted by molar-refractivity contribution is 6.01. The van der Waals surface area contributed by atoms with E-state index in [4.69, 9.17) is 0 Å². The number of benzene rings is 1. The van der Waals surface area contributed by atoms with Gasteiger partial charge in [0.05, 0.1) is 5.39 Å². The normalized spacial score (nSPS) is 10.9. The fourth-order valence-electron chi connectivity index (χ4n) is 2.01. The smallest absolute Gasteiger partial charge is 0.357 e. The summed E-state index contributed by atoms with van der Waals surface area (Å²) in [5.74, 6) is -1.35. The molecular weight excluding hydrogens is 286 g/mol. The Morgan fingerprint density at radius 1 is 1.27 bits per heavy atom. The Balaban J connectivity index is 2.42. The second-order valence-corrected chi connectivity index (χ2v) is 5.36. The van der Waals surface area contributed by atoms with Crippen LogP contribution in [0, 0.1) is 5.92 Å². The molecule has 1 heterocycles. The van der Waals surface area contributed by atoms with Crippen molar-refractivity contribution in [2.45, 2.75) is 20.4 Å². The van der Waals surface area contributed by atoms with Gasteiger partial charge < -0.3 is 10.4 Å². The molecule has 0 aliphatic heterocycles. The summed E-state index contributed by atoms with van der Waals surface area (Å²) < 4.78 is 0.890. The van der Waals surface area contributed by atoms with Crippen LogP contribution in [0.15, 0.2) is 29.1 Å². The van der Waals surface area contributed by atoms with Gasteiger partial charge in [-0.15, -0.1) is 0 Å². The largest absolute Gasteiger partial charge is 0.476 e. The van der Waals surface area contributed by atoms with E-state index in [1.54, 1.807) is 12.1 Å². The molecule has 0 unspecified atom stereocenters. The molecule has 0 radical (unpaired) electrons. The quantitative estimate of drug-likeness (QED) is 0.853. The van der Waals surface area contributed by atoms with E-state index in [2.05, 4.69) is 10.4 Å². The molecule has 1 aromatic heterocycles. The molecule has 2 rings (SSSR count). The van der Waals surface area contributed by atoms with Crippen LogP contribution < -0.4 is 10.9 Å². The van der Waals surface area contributed by atoms with Crippen LogP contribution in [0.4, 0.5) is 0 Å². The maximum absolute atomic E-state index is 12.3. The Bertz CT molecular complexity index is 780. The molecule has 0 aliphatic rings. The van der Waals surface area contributed by atoms with Crippen LogP contribution in [0.3, 0.4) is 0 Å². The number of carboxylic acid groups (broad SMARTS) is 1. The van der Waals surface area contributed by atoms with Crippen LogP contribution in [-0.4, -0.2) is 33.3 Å². The van der Waals surface area contributed by atoms with Crippen molar-refractivity contribution >= 4 is 22.6 Å². The van der Waals surface area contributed by atoms with E-state index in [0.717, 1.165) is 4.68 Å². The topological polar surface area (TPSA) is 101 Å². The van der Waals surface area contributed by atoms with Crippen LogP contribution in [0.1, 0.15) is 24.3 Å². The first-order valence-corrected chi connectivity index (χ1v) is 6.90. The molecule has 2 N–H and O–H groups in total. The second kappa shape index (κ2) is 6.38. The third kappa shape index (κ3) is 3.30. The zero-order valence-corrected chi connectivity index (χ0v) is 12.4. The number of hydrogen-bond donors (Lipinski definition) is 2. The van der Waals surface area contributed by atoms with Crippen LogP contribution in [0.25, 0.3) is 10.8 Å². The first kappa shape index (κ1) is 15.7. The third-order valence-electron chi connectivity index (χ3n) is 3.07. The van der Waals surface area contributed by atoms with E-state index in [9.17, 15) is 19.5 Å². The lowest BCUT2D eigenvalue weighted by Gasteiger charge is -2.10. The number of nitrogens with zero attached hydrogens (tertiary/aromatic N) is 2. The number of carbonyl (C=O) groups excluding carboxylic acids is 1. The lowest BCUT2D eigenvalue weighted by atomic mass is 10.1. The summed E-state index contributed by atoms with van der Waals surface area (Å²) in [6.45, 7) is 4.07. The van der Waals surface area contributed by atoms with E-state index in [0.29, 0.717) is 6.54 Å². The van der Waals surface area contributed by atoms with Gasteiger partial charge in [-0.2, -0.15) is 5.10 Å². The summed E-state index contributed by atoms with van der Waals surface area (Å²) in [6.07, 6.45) is 0. The number of hydrogen-bond acceptors (Lipinski definition) is 4. The van der Waals surface area contributed by atoms with Gasteiger partial charge in [0.2, 0.25) is 5.91 Å². The van der Waals surface area contributed by atoms with Gasteiger partial charge in [-0.1, -0.05) is 32.0 Å². The van der Waals surface area contributed by atoms with Gasteiger partial charge in [0.15, 0.2) is 5.69 Å². The molecule has 7 nitrogen and oxygen atoms in total. The average molecular weight is 303 g/mol. The highest BCUT2D eigenvalue weighted by Gasteiger charge is 2.16. The van der Waals surface area contributed by atoms with Crippen LogP contribution in [0.5, 0.6) is 0 Å². The van der Waals surface area contributed by atoms with Gasteiger partial charge in [-0.25, -0.2) is 9.48 Å². The Hall–Kier alpha value is -2.70. The molecule has 0 aliphatic carbocycles. The van der Waals surface area contributed by atoms with E-state index in [1.807, 2.05) is 13.8 Å². The van der Waals surface area contributed by atoms with Crippen molar-refractivity contribution in [2.24, 2.45) is 5.92 Å². The molecule has 22 heavy (non-hydrogen) atoms. The minimum absolute atomic E-state index is 0.228. The molecule has 0 fully saturated rings. The SMILES string of the molecule is CC(C)CNC(=O)Cn1nc(C(=O)O)c2ccccc2c1=O. The monoisotopic (exact) mass is 303 g/mol. The first-order chi connectivity index (χ1) is 10.4. The third-order valence-corrected chi connectivity index (χ3v) is 3.07. The predicted octanol–water partition coefficient (Wildman–Crippen LogP) is 0.867. The van der Waals surface area contributed by atoms with Gasteiger partial charge in [-0.3, -0.25) is 9.59 Å². The summed E-state index contributed by atoms with van der Waals surface area (Å²) in [5.41, 5.74) is -0.729. The second-order valence-electron chi connectivity index (χ2n) is 5.36. The maximum Gasteiger partial charge on any atom is 0.357 e. The molecule has 2 aromatic rings. The summed E-state index contributed by atoms with van der Waals surface area (Å²) in [5, 5.41) is 16.2. The average Bonchev–Trinajstić information content (AvgIpc) is 2.47. The van der Waals surface area contributed by atoms with Crippen molar-refractivity contribution in [3.63, 3.8) is 0 Å². The molecular formula is C15H17N3O4. The summed E-state index contributed by atoms with van der Waals surface area (Å²) in [4.78, 5) is 35.4. The zero-order chi connectivity index (χ0) is 16.3. The summed E-state index contributed by atoms with van der Waals surface area (Å²) in [6, 6.07) is 6.32. The van der Waals surface area contributed by atoms with Crippen LogP contribution >= 0.6 is 0 Å². The number of carbonyl (C=O) groups is 2. The zero-order valence-electron chi connectivity index (χ0n) is 12.4. The van der Waals surface area contributed by atoms with Crippen molar-refractivity contribution in [3.8, 4) is 0 Å². The highest BCUT2D eigenvalue weighted by atomic mass is 16.4. The number of fused-ring (bicyclic) bond motifs is 1. The standard InChI is InChI=1S/C15H17N3O4/c1-9(2)7-16-12(19)8-18-14(20)11-6-4-3-5-10(11)13(17-18)15(21)22/h3-6,9H,7-8H2,1-2H3,(H,16,19)(H,21,22). The van der Waals surface area contributed by atoms with Crippen molar-refractivity contribution in [1.29, 1.82) is 0 Å². The Kier molecular flexibility index (Phi) is 4.55. The van der Waals surface area contributed by atoms with E-state index in [1.165, 1.54) is 12.1 Å². The maximum atomic E-state index is 12.3. The number of nitrogens with one attached hydrogen (secondary N) is 1. The molecule has 1 aromatic carbocycles. The lowest BCUT2D eigenvalue weighted by molar-refractivity contribution is -0.122. The predicted molar refractivity (Wildman–Crippen MR) is 80.8 cm³/mol. The molecule has 0 saturated carbocycles. The highest BCUT2D eigenvalue weighted by Crippen LogP contribution is 2.12. The molecule has 7 heteroatoms. The number of carboxylic acids is 1. The van der Waals surface area contributed by atoms with Crippen molar-refractivity contribution < 1.29 is 14.7 Å². The van der Waals surface area contributed by atoms with Crippen molar-refractivity contribution in [1.82, 2.24) is 15.1 Å². The van der Waals surface area contributed by atoms with Crippen molar-refractivity contribution in [3.05, 3.63) is 40.3 Å². The van der Waals surface area contributed by atoms with E-state index >= 15 is 0 Å². The minimum Gasteiger partial charge on any atom is -0.476 e. The molecule has 0 saturated heterocycles. The number of aromatic carboxylic acids is 1. The molecule has 0 bridgehead atoms. The van der Waals surface area contributed by atoms with E-state index < -0.39 is 11.5 Å². The fourth-order valence-corrected chi connectivity index (χ4v) is 2.01. The molecule has 1 amide bonds. The van der Waals surface area contributed by atoms with Gasteiger partial charge >= 0.3 is 5.97 Å². The number of amides is 1. The fraction of sp³-hybridized carbons (Fsp3) is 0.333. The lowest BCUT2D eigenvalue weighted by Crippen LogP contribution is -2.36. The molecule has 116 valence electrons. The van der Waals surface area contributed by atoms with Gasteiger partial charge in [-0.05, 0) is 12.0 Å². The first-order valence-electron chi connectivity index (χ1n) is 6.90. The van der Waals surface area contributed by atoms with Gasteiger partial charge in [0.1, 0.15) is 6.54 Å². The summed E-state index contributed by atoms with van der Waals surface area (Å²) in [7, 11) is 0. The Morgan fingerprint density at radius 3 is 2.50 bits per heavy atom. The van der Waals surface area contributed by atoms with Gasteiger partial charge in [0, 0.05) is 11.9 Å². The number of rotatable bonds is 5. The van der Waals surface area contributed by atoms with Crippen LogP contribution in [-0.2, 0) is 11.3 Å². The van der Waals surface area contributed by atoms with Gasteiger partial charge in [0.25, 0.3) is 5.56 Å². The summed E-state index contributed by atoms with van der Waals surface area (Å²) >= 11 is 0. The molecule has 0 atom stereocenters. The number of aromatic nitrogens is 2. The molecule has 0 spiro atoms.